The third-order valence-electron chi connectivity index (χ3n) is 3.45. The molecule has 0 atom stereocenters. The van der Waals surface area contributed by atoms with Gasteiger partial charge in [0.25, 0.3) is 5.91 Å². The highest BCUT2D eigenvalue weighted by Crippen LogP contribution is 2.29. The number of nitrogens with one attached hydrogen (secondary N) is 1. The van der Waals surface area contributed by atoms with Crippen LogP contribution in [0.5, 0.6) is 11.5 Å². The van der Waals surface area contributed by atoms with E-state index in [1.165, 1.54) is 13.2 Å². The molecule has 0 saturated heterocycles. The monoisotopic (exact) mass is 370 g/mol. The van der Waals surface area contributed by atoms with Crippen LogP contribution < -0.4 is 14.8 Å². The maximum Gasteiger partial charge on any atom is 0.266 e. The predicted octanol–water partition coefficient (Wildman–Crippen LogP) is 4.68. The number of amides is 1. The number of benzene rings is 2. The van der Waals surface area contributed by atoms with E-state index in [-0.39, 0.29) is 5.57 Å². The second-order valence-corrected chi connectivity index (χ2v) is 5.77. The van der Waals surface area contributed by atoms with Crippen LogP contribution in [0.4, 0.5) is 5.69 Å². The number of rotatable bonds is 7. The first-order chi connectivity index (χ1) is 12.6. The lowest BCUT2D eigenvalue weighted by Gasteiger charge is -2.11. The molecule has 0 unspecified atom stereocenters. The number of para-hydroxylation sites is 1. The number of methoxy groups -OCH3 is 1. The number of nitriles is 1. The average Bonchev–Trinajstić information content (AvgIpc) is 2.66. The molecule has 0 heterocycles. The Hall–Kier alpha value is -2.97. The van der Waals surface area contributed by atoms with Gasteiger partial charge in [-0.25, -0.2) is 0 Å². The fourth-order valence-corrected chi connectivity index (χ4v) is 2.36. The quantitative estimate of drug-likeness (QED) is 0.567. The van der Waals surface area contributed by atoms with Gasteiger partial charge in [-0.1, -0.05) is 36.7 Å². The minimum Gasteiger partial charge on any atom is -0.493 e. The van der Waals surface area contributed by atoms with Crippen LogP contribution >= 0.6 is 11.6 Å². The topological polar surface area (TPSA) is 71.3 Å². The summed E-state index contributed by atoms with van der Waals surface area (Å²) in [5, 5.41) is 12.4. The van der Waals surface area contributed by atoms with Crippen molar-refractivity contribution in [2.45, 2.75) is 13.3 Å². The third kappa shape index (κ3) is 5.01. The number of carbonyl (C=O) groups excluding carboxylic acids is 1. The first kappa shape index (κ1) is 19.4. The molecule has 1 N–H and O–H groups in total. The van der Waals surface area contributed by atoms with Crippen molar-refractivity contribution < 1.29 is 14.3 Å². The van der Waals surface area contributed by atoms with E-state index in [1.54, 1.807) is 42.5 Å². The SMILES string of the molecule is CCCOc1ccc(/C=C(\C#N)C(=O)Nc2ccccc2Cl)cc1OC. The molecule has 5 nitrogen and oxygen atoms in total. The highest BCUT2D eigenvalue weighted by atomic mass is 35.5. The Morgan fingerprint density at radius 3 is 2.69 bits per heavy atom. The Labute approximate surface area is 157 Å². The molecule has 2 aromatic carbocycles. The molecule has 1 amide bonds. The van der Waals surface area contributed by atoms with E-state index in [2.05, 4.69) is 5.32 Å². The standard InChI is InChI=1S/C20H19ClN2O3/c1-3-10-26-18-9-8-14(12-19(18)25-2)11-15(13-22)20(24)23-17-7-5-4-6-16(17)21/h4-9,11-12H,3,10H2,1-2H3,(H,23,24)/b15-11+. The van der Waals surface area contributed by atoms with Crippen molar-refractivity contribution >= 4 is 29.3 Å². The Kier molecular flexibility index (Phi) is 7.07. The molecule has 0 radical (unpaired) electrons. The lowest BCUT2D eigenvalue weighted by Crippen LogP contribution is -2.13. The fraction of sp³-hybridized carbons (Fsp3) is 0.200. The van der Waals surface area contributed by atoms with Crippen LogP contribution in [0.2, 0.25) is 5.02 Å². The zero-order valence-corrected chi connectivity index (χ0v) is 15.3. The minimum absolute atomic E-state index is 0.0470. The number of halogens is 1. The van der Waals surface area contributed by atoms with Gasteiger partial charge in [0.1, 0.15) is 11.6 Å². The molecule has 26 heavy (non-hydrogen) atoms. The normalized spacial score (nSPS) is 10.8. The van der Waals surface area contributed by atoms with Crippen molar-refractivity contribution in [1.82, 2.24) is 0 Å². The van der Waals surface area contributed by atoms with Crippen LogP contribution in [0.1, 0.15) is 18.9 Å². The van der Waals surface area contributed by atoms with Crippen molar-refractivity contribution in [2.24, 2.45) is 0 Å². The maximum atomic E-state index is 12.3. The summed E-state index contributed by atoms with van der Waals surface area (Å²) < 4.78 is 10.9. The molecule has 134 valence electrons. The second-order valence-electron chi connectivity index (χ2n) is 5.36. The van der Waals surface area contributed by atoms with E-state index in [9.17, 15) is 10.1 Å². The van der Waals surface area contributed by atoms with E-state index in [4.69, 9.17) is 21.1 Å². The Bertz CT molecular complexity index is 856. The smallest absolute Gasteiger partial charge is 0.266 e. The molecule has 0 bridgehead atoms. The van der Waals surface area contributed by atoms with Gasteiger partial charge in [-0.3, -0.25) is 4.79 Å². The molecule has 0 aliphatic heterocycles. The summed E-state index contributed by atoms with van der Waals surface area (Å²) in [4.78, 5) is 12.3. The fourth-order valence-electron chi connectivity index (χ4n) is 2.17. The molecule has 0 saturated carbocycles. The summed E-state index contributed by atoms with van der Waals surface area (Å²) in [6, 6.07) is 14.0. The van der Waals surface area contributed by atoms with Gasteiger partial charge in [-0.2, -0.15) is 5.26 Å². The second kappa shape index (κ2) is 9.50. The van der Waals surface area contributed by atoms with Gasteiger partial charge in [0.2, 0.25) is 0 Å². The van der Waals surface area contributed by atoms with Crippen molar-refractivity contribution in [1.29, 1.82) is 5.26 Å². The molecular weight excluding hydrogens is 352 g/mol. The molecule has 6 heteroatoms. The van der Waals surface area contributed by atoms with Crippen molar-refractivity contribution in [3.05, 3.63) is 58.6 Å². The summed E-state index contributed by atoms with van der Waals surface area (Å²) in [7, 11) is 1.54. The molecule has 0 fully saturated rings. The Morgan fingerprint density at radius 2 is 2.04 bits per heavy atom. The first-order valence-corrected chi connectivity index (χ1v) is 8.45. The van der Waals surface area contributed by atoms with Gasteiger partial charge >= 0.3 is 0 Å². The number of nitrogens with zero attached hydrogens (tertiary/aromatic N) is 1. The zero-order valence-electron chi connectivity index (χ0n) is 14.6. The molecule has 0 aliphatic carbocycles. The van der Waals surface area contributed by atoms with Crippen molar-refractivity contribution in [2.75, 3.05) is 19.0 Å². The van der Waals surface area contributed by atoms with Crippen LogP contribution in [0.15, 0.2) is 48.0 Å². The van der Waals surface area contributed by atoms with Gasteiger partial charge in [0, 0.05) is 0 Å². The maximum absolute atomic E-state index is 12.3. The van der Waals surface area contributed by atoms with Crippen LogP contribution in [0, 0.1) is 11.3 Å². The van der Waals surface area contributed by atoms with Gasteiger partial charge in [-0.05, 0) is 42.3 Å². The molecular formula is C20H19ClN2O3. The first-order valence-electron chi connectivity index (χ1n) is 8.07. The highest BCUT2D eigenvalue weighted by Gasteiger charge is 2.12. The Morgan fingerprint density at radius 1 is 1.27 bits per heavy atom. The van der Waals surface area contributed by atoms with Crippen LogP contribution in [0.25, 0.3) is 6.08 Å². The lowest BCUT2D eigenvalue weighted by atomic mass is 10.1. The number of ether oxygens (including phenoxy) is 2. The Balaban J connectivity index is 2.23. The summed E-state index contributed by atoms with van der Waals surface area (Å²) >= 11 is 6.03. The van der Waals surface area contributed by atoms with Crippen molar-refractivity contribution in [3.8, 4) is 17.6 Å². The molecule has 2 aromatic rings. The predicted molar refractivity (Wildman–Crippen MR) is 102 cm³/mol. The van der Waals surface area contributed by atoms with Crippen LogP contribution in [0.3, 0.4) is 0 Å². The van der Waals surface area contributed by atoms with E-state index in [0.29, 0.717) is 34.4 Å². The summed E-state index contributed by atoms with van der Waals surface area (Å²) in [6.07, 6.45) is 2.36. The molecule has 0 spiro atoms. The molecule has 0 aliphatic rings. The van der Waals surface area contributed by atoms with Crippen LogP contribution in [-0.2, 0) is 4.79 Å². The van der Waals surface area contributed by atoms with E-state index < -0.39 is 5.91 Å². The highest BCUT2D eigenvalue weighted by molar-refractivity contribution is 6.34. The number of anilines is 1. The average molecular weight is 371 g/mol. The summed E-state index contributed by atoms with van der Waals surface area (Å²) in [6.45, 7) is 2.59. The van der Waals surface area contributed by atoms with E-state index in [0.717, 1.165) is 6.42 Å². The van der Waals surface area contributed by atoms with Crippen molar-refractivity contribution in [3.63, 3.8) is 0 Å². The third-order valence-corrected chi connectivity index (χ3v) is 3.78. The zero-order chi connectivity index (χ0) is 18.9. The largest absolute Gasteiger partial charge is 0.493 e. The number of hydrogen-bond donors (Lipinski definition) is 1. The number of hydrogen-bond acceptors (Lipinski definition) is 4. The van der Waals surface area contributed by atoms with Gasteiger partial charge < -0.3 is 14.8 Å². The van der Waals surface area contributed by atoms with E-state index in [1.807, 2.05) is 13.0 Å². The van der Waals surface area contributed by atoms with Gasteiger partial charge in [0.15, 0.2) is 11.5 Å². The lowest BCUT2D eigenvalue weighted by molar-refractivity contribution is -0.112. The molecule has 0 aromatic heterocycles. The van der Waals surface area contributed by atoms with E-state index >= 15 is 0 Å². The minimum atomic E-state index is -0.536. The molecule has 2 rings (SSSR count). The summed E-state index contributed by atoms with van der Waals surface area (Å²) in [5.74, 6) is 0.618. The summed E-state index contributed by atoms with van der Waals surface area (Å²) in [5.41, 5.74) is 1.05. The van der Waals surface area contributed by atoms with Crippen LogP contribution in [-0.4, -0.2) is 19.6 Å². The van der Waals surface area contributed by atoms with Gasteiger partial charge in [0.05, 0.1) is 24.4 Å². The van der Waals surface area contributed by atoms with Gasteiger partial charge in [-0.15, -0.1) is 0 Å². The number of carbonyl (C=O) groups is 1.